The van der Waals surface area contributed by atoms with E-state index in [4.69, 9.17) is 14.2 Å². The van der Waals surface area contributed by atoms with E-state index in [1.54, 1.807) is 27.4 Å². The summed E-state index contributed by atoms with van der Waals surface area (Å²) in [6.45, 7) is 2.58. The van der Waals surface area contributed by atoms with Crippen LogP contribution >= 0.6 is 0 Å². The molecule has 1 atom stereocenters. The number of aryl methyl sites for hydroxylation is 1. The zero-order valence-electron chi connectivity index (χ0n) is 22.0. The highest BCUT2D eigenvalue weighted by atomic mass is 16.5. The lowest BCUT2D eigenvalue weighted by molar-refractivity contribution is 0.0680. The van der Waals surface area contributed by atoms with Crippen LogP contribution in [-0.2, 0) is 12.8 Å². The standard InChI is InChI=1S/C28H36N4O4/c1-20(10-11-21-12-15-23(34-4)16-13-21)32(28(33)24-8-7-9-26(30-24)31(2)3)19-18-22-14-17-25(35-5)27(29-22)36-6/h7-9,12-17,20H,10-11,18-19H2,1-6H3. The lowest BCUT2D eigenvalue weighted by Gasteiger charge is -2.29. The predicted molar refractivity (Wildman–Crippen MR) is 141 cm³/mol. The molecule has 192 valence electrons. The number of aromatic nitrogens is 2. The summed E-state index contributed by atoms with van der Waals surface area (Å²) in [5.74, 6) is 2.49. The quantitative estimate of drug-likeness (QED) is 0.374. The predicted octanol–water partition coefficient (Wildman–Crippen LogP) is 4.27. The lowest BCUT2D eigenvalue weighted by atomic mass is 10.0. The second kappa shape index (κ2) is 12.8. The van der Waals surface area contributed by atoms with Gasteiger partial charge in [0, 0.05) is 38.8 Å². The summed E-state index contributed by atoms with van der Waals surface area (Å²) in [6, 6.07) is 17.3. The van der Waals surface area contributed by atoms with Crippen molar-refractivity contribution in [3.05, 3.63) is 71.5 Å². The topological polar surface area (TPSA) is 77.0 Å². The van der Waals surface area contributed by atoms with Gasteiger partial charge in [0.1, 0.15) is 17.3 Å². The summed E-state index contributed by atoms with van der Waals surface area (Å²) < 4.78 is 15.9. The number of anilines is 1. The van der Waals surface area contributed by atoms with Crippen molar-refractivity contribution in [3.8, 4) is 17.4 Å². The van der Waals surface area contributed by atoms with E-state index in [1.807, 2.05) is 60.3 Å². The number of hydrogen-bond donors (Lipinski definition) is 0. The first-order valence-electron chi connectivity index (χ1n) is 12.0. The SMILES string of the molecule is COc1ccc(CCC(C)N(CCc2ccc(OC)c(OC)n2)C(=O)c2cccc(N(C)C)n2)cc1. The van der Waals surface area contributed by atoms with E-state index in [2.05, 4.69) is 29.0 Å². The molecule has 0 spiro atoms. The van der Waals surface area contributed by atoms with Gasteiger partial charge in [0.05, 0.1) is 21.3 Å². The lowest BCUT2D eigenvalue weighted by Crippen LogP contribution is -2.41. The van der Waals surface area contributed by atoms with E-state index in [0.29, 0.717) is 30.3 Å². The monoisotopic (exact) mass is 492 g/mol. The van der Waals surface area contributed by atoms with Gasteiger partial charge in [-0.1, -0.05) is 18.2 Å². The van der Waals surface area contributed by atoms with Crippen molar-refractivity contribution in [2.24, 2.45) is 0 Å². The molecular weight excluding hydrogens is 456 g/mol. The van der Waals surface area contributed by atoms with Crippen LogP contribution in [0.2, 0.25) is 0 Å². The van der Waals surface area contributed by atoms with Crippen molar-refractivity contribution in [1.82, 2.24) is 14.9 Å². The number of nitrogens with zero attached hydrogens (tertiary/aromatic N) is 4. The van der Waals surface area contributed by atoms with Gasteiger partial charge in [-0.3, -0.25) is 4.79 Å². The Hall–Kier alpha value is -3.81. The second-order valence-electron chi connectivity index (χ2n) is 8.77. The fourth-order valence-electron chi connectivity index (χ4n) is 3.93. The third kappa shape index (κ3) is 6.87. The van der Waals surface area contributed by atoms with Crippen LogP contribution in [0.15, 0.2) is 54.6 Å². The van der Waals surface area contributed by atoms with Crippen molar-refractivity contribution in [3.63, 3.8) is 0 Å². The number of pyridine rings is 2. The summed E-state index contributed by atoms with van der Waals surface area (Å²) >= 11 is 0. The van der Waals surface area contributed by atoms with Crippen LogP contribution in [0.3, 0.4) is 0 Å². The number of carbonyl (C=O) groups is 1. The fraction of sp³-hybridized carbons (Fsp3) is 0.393. The Morgan fingerprint density at radius 3 is 2.28 bits per heavy atom. The fourth-order valence-corrected chi connectivity index (χ4v) is 3.93. The van der Waals surface area contributed by atoms with Gasteiger partial charge in [-0.25, -0.2) is 9.97 Å². The average molecular weight is 493 g/mol. The Morgan fingerprint density at radius 1 is 0.889 bits per heavy atom. The van der Waals surface area contributed by atoms with Crippen LogP contribution in [0, 0.1) is 0 Å². The van der Waals surface area contributed by atoms with Crippen molar-refractivity contribution < 1.29 is 19.0 Å². The molecule has 2 aromatic heterocycles. The van der Waals surface area contributed by atoms with Gasteiger partial charge in [-0.05, 0) is 61.7 Å². The molecule has 1 aromatic carbocycles. The smallest absolute Gasteiger partial charge is 0.272 e. The molecule has 0 saturated carbocycles. The molecule has 0 saturated heterocycles. The van der Waals surface area contributed by atoms with E-state index < -0.39 is 0 Å². The van der Waals surface area contributed by atoms with E-state index in [-0.39, 0.29) is 11.9 Å². The molecule has 2 heterocycles. The van der Waals surface area contributed by atoms with E-state index in [0.717, 1.165) is 30.1 Å². The van der Waals surface area contributed by atoms with Gasteiger partial charge in [0.25, 0.3) is 11.8 Å². The summed E-state index contributed by atoms with van der Waals surface area (Å²) in [6.07, 6.45) is 2.23. The maximum atomic E-state index is 13.7. The first kappa shape index (κ1) is 26.8. The zero-order chi connectivity index (χ0) is 26.1. The molecule has 0 aliphatic carbocycles. The molecule has 3 aromatic rings. The van der Waals surface area contributed by atoms with Gasteiger partial charge in [0.2, 0.25) is 0 Å². The summed E-state index contributed by atoms with van der Waals surface area (Å²) in [5, 5.41) is 0. The molecule has 1 unspecified atom stereocenters. The Kier molecular flexibility index (Phi) is 9.50. The number of methoxy groups -OCH3 is 3. The van der Waals surface area contributed by atoms with Crippen LogP contribution in [0.4, 0.5) is 5.82 Å². The maximum absolute atomic E-state index is 13.7. The van der Waals surface area contributed by atoms with Gasteiger partial charge >= 0.3 is 0 Å². The first-order valence-corrected chi connectivity index (χ1v) is 12.0. The Balaban J connectivity index is 1.79. The minimum atomic E-state index is -0.0959. The molecular formula is C28H36N4O4. The number of benzene rings is 1. The highest BCUT2D eigenvalue weighted by Crippen LogP contribution is 2.24. The Bertz CT molecular complexity index is 1130. The van der Waals surface area contributed by atoms with E-state index in [1.165, 1.54) is 5.56 Å². The largest absolute Gasteiger partial charge is 0.497 e. The minimum Gasteiger partial charge on any atom is -0.497 e. The molecule has 0 radical (unpaired) electrons. The summed E-state index contributed by atoms with van der Waals surface area (Å²) in [5.41, 5.74) is 2.45. The molecule has 1 amide bonds. The zero-order valence-corrected chi connectivity index (χ0v) is 22.0. The third-order valence-electron chi connectivity index (χ3n) is 6.12. The van der Waals surface area contributed by atoms with Crippen LogP contribution in [0.5, 0.6) is 17.4 Å². The Labute approximate surface area is 213 Å². The van der Waals surface area contributed by atoms with Crippen LogP contribution < -0.4 is 19.1 Å². The number of ether oxygens (including phenoxy) is 3. The van der Waals surface area contributed by atoms with E-state index >= 15 is 0 Å². The minimum absolute atomic E-state index is 0.00967. The highest BCUT2D eigenvalue weighted by Gasteiger charge is 2.23. The van der Waals surface area contributed by atoms with Crippen molar-refractivity contribution in [1.29, 1.82) is 0 Å². The van der Waals surface area contributed by atoms with Crippen molar-refractivity contribution >= 4 is 11.7 Å². The molecule has 0 N–H and O–H groups in total. The van der Waals surface area contributed by atoms with Gasteiger partial charge in [-0.2, -0.15) is 0 Å². The van der Waals surface area contributed by atoms with Crippen LogP contribution in [-0.4, -0.2) is 68.8 Å². The molecule has 0 aliphatic heterocycles. The molecule has 0 fully saturated rings. The second-order valence-corrected chi connectivity index (χ2v) is 8.77. The van der Waals surface area contributed by atoms with Crippen LogP contribution in [0.25, 0.3) is 0 Å². The summed E-state index contributed by atoms with van der Waals surface area (Å²) in [4.78, 5) is 26.6. The third-order valence-corrected chi connectivity index (χ3v) is 6.12. The number of rotatable bonds is 12. The molecule has 3 rings (SSSR count). The van der Waals surface area contributed by atoms with Crippen LogP contribution in [0.1, 0.15) is 35.1 Å². The number of amides is 1. The summed E-state index contributed by atoms with van der Waals surface area (Å²) in [7, 11) is 8.63. The van der Waals surface area contributed by atoms with Gasteiger partial charge in [-0.15, -0.1) is 0 Å². The number of carbonyl (C=O) groups excluding carboxylic acids is 1. The average Bonchev–Trinajstić information content (AvgIpc) is 2.91. The van der Waals surface area contributed by atoms with Crippen molar-refractivity contribution in [2.75, 3.05) is 46.9 Å². The normalized spacial score (nSPS) is 11.5. The highest BCUT2D eigenvalue weighted by molar-refractivity contribution is 5.93. The van der Waals surface area contributed by atoms with Gasteiger partial charge in [0.15, 0.2) is 5.75 Å². The molecule has 36 heavy (non-hydrogen) atoms. The van der Waals surface area contributed by atoms with Gasteiger partial charge < -0.3 is 24.0 Å². The number of hydrogen-bond acceptors (Lipinski definition) is 7. The molecule has 0 aliphatic rings. The Morgan fingerprint density at radius 2 is 1.64 bits per heavy atom. The maximum Gasteiger partial charge on any atom is 0.272 e. The first-order chi connectivity index (χ1) is 17.4. The molecule has 8 heteroatoms. The van der Waals surface area contributed by atoms with E-state index in [9.17, 15) is 4.79 Å². The van der Waals surface area contributed by atoms with Crippen molar-refractivity contribution in [2.45, 2.75) is 32.2 Å². The molecule has 0 bridgehead atoms. The molecule has 8 nitrogen and oxygen atoms in total.